The number of rotatable bonds is 6. The van der Waals surface area contributed by atoms with Crippen LogP contribution in [-0.4, -0.2) is 23.6 Å². The fraction of sp³-hybridized carbons (Fsp3) is 0.429. The molecule has 1 amide bonds. The van der Waals surface area contributed by atoms with E-state index >= 15 is 0 Å². The molecule has 0 bridgehead atoms. The van der Waals surface area contributed by atoms with E-state index in [1.165, 1.54) is 6.92 Å². The number of hydrogen-bond donors (Lipinski definition) is 2. The van der Waals surface area contributed by atoms with Crippen LogP contribution in [0.1, 0.15) is 32.4 Å². The van der Waals surface area contributed by atoms with Gasteiger partial charge in [-0.3, -0.25) is 9.59 Å². The van der Waals surface area contributed by atoms with Gasteiger partial charge in [0.2, 0.25) is 5.91 Å². The van der Waals surface area contributed by atoms with Gasteiger partial charge in [0.25, 0.3) is 0 Å². The molecule has 1 rings (SSSR count). The maximum atomic E-state index is 11.7. The van der Waals surface area contributed by atoms with Crippen molar-refractivity contribution in [2.75, 3.05) is 6.61 Å². The minimum absolute atomic E-state index is 0.269. The molecule has 0 radical (unpaired) electrons. The van der Waals surface area contributed by atoms with Crippen LogP contribution in [-0.2, 0) is 9.59 Å². The second-order valence-electron chi connectivity index (χ2n) is 4.30. The molecule has 0 saturated carbocycles. The molecule has 5 nitrogen and oxygen atoms in total. The summed E-state index contributed by atoms with van der Waals surface area (Å²) in [6, 6.07) is 7.10. The second kappa shape index (κ2) is 6.78. The lowest BCUT2D eigenvalue weighted by atomic mass is 10.1. The van der Waals surface area contributed by atoms with E-state index in [0.29, 0.717) is 6.61 Å². The fourth-order valence-electron chi connectivity index (χ4n) is 1.57. The van der Waals surface area contributed by atoms with Crippen LogP contribution in [0.25, 0.3) is 0 Å². The van der Waals surface area contributed by atoms with Crippen LogP contribution in [0.4, 0.5) is 0 Å². The highest BCUT2D eigenvalue weighted by Gasteiger charge is 2.22. The van der Waals surface area contributed by atoms with Crippen molar-refractivity contribution in [1.82, 2.24) is 5.32 Å². The van der Waals surface area contributed by atoms with E-state index in [2.05, 4.69) is 5.32 Å². The van der Waals surface area contributed by atoms with Crippen molar-refractivity contribution in [2.24, 2.45) is 5.92 Å². The number of ether oxygens (including phenoxy) is 1. The maximum absolute atomic E-state index is 11.7. The molecular formula is C14H19NO4. The van der Waals surface area contributed by atoms with E-state index in [-0.39, 0.29) is 6.04 Å². The van der Waals surface area contributed by atoms with Crippen LogP contribution in [0.3, 0.4) is 0 Å². The summed E-state index contributed by atoms with van der Waals surface area (Å²) in [5.74, 6) is -1.96. The van der Waals surface area contributed by atoms with Gasteiger partial charge in [-0.05, 0) is 38.5 Å². The van der Waals surface area contributed by atoms with Gasteiger partial charge in [0.15, 0.2) is 0 Å². The predicted molar refractivity (Wildman–Crippen MR) is 71.0 cm³/mol. The highest BCUT2D eigenvalue weighted by molar-refractivity contribution is 5.96. The smallest absolute Gasteiger partial charge is 0.315 e. The third-order valence-corrected chi connectivity index (χ3v) is 2.79. The van der Waals surface area contributed by atoms with Crippen molar-refractivity contribution in [3.8, 4) is 5.75 Å². The molecule has 0 aliphatic rings. The first kappa shape index (κ1) is 15.0. The van der Waals surface area contributed by atoms with Gasteiger partial charge in [-0.2, -0.15) is 0 Å². The minimum Gasteiger partial charge on any atom is -0.494 e. The lowest BCUT2D eigenvalue weighted by Gasteiger charge is -2.17. The number of carboxylic acids is 1. The standard InChI is InChI=1S/C14H19NO4/c1-4-19-12-7-5-6-11(8-12)10(3)15-13(16)9(2)14(17)18/h5-10H,4H2,1-3H3,(H,15,16)(H,17,18). The number of carbonyl (C=O) groups is 2. The van der Waals surface area contributed by atoms with Crippen molar-refractivity contribution >= 4 is 11.9 Å². The van der Waals surface area contributed by atoms with E-state index in [1.54, 1.807) is 6.92 Å². The van der Waals surface area contributed by atoms with Crippen LogP contribution in [0.5, 0.6) is 5.75 Å². The van der Waals surface area contributed by atoms with E-state index in [0.717, 1.165) is 11.3 Å². The minimum atomic E-state index is -1.13. The summed E-state index contributed by atoms with van der Waals surface area (Å²) < 4.78 is 5.38. The van der Waals surface area contributed by atoms with Gasteiger partial charge in [-0.25, -0.2) is 0 Å². The molecule has 0 fully saturated rings. The van der Waals surface area contributed by atoms with Gasteiger partial charge in [0.1, 0.15) is 11.7 Å². The highest BCUT2D eigenvalue weighted by Crippen LogP contribution is 2.19. The lowest BCUT2D eigenvalue weighted by Crippen LogP contribution is -2.35. The number of carbonyl (C=O) groups excluding carboxylic acids is 1. The first-order chi connectivity index (χ1) is 8.95. The van der Waals surface area contributed by atoms with Crippen molar-refractivity contribution < 1.29 is 19.4 Å². The Bertz CT molecular complexity index is 459. The molecule has 0 aromatic heterocycles. The number of aliphatic carboxylic acids is 1. The highest BCUT2D eigenvalue weighted by atomic mass is 16.5. The maximum Gasteiger partial charge on any atom is 0.315 e. The Labute approximate surface area is 112 Å². The van der Waals surface area contributed by atoms with Crippen LogP contribution in [0.15, 0.2) is 24.3 Å². The summed E-state index contributed by atoms with van der Waals surface area (Å²) in [7, 11) is 0. The molecule has 0 saturated heterocycles. The lowest BCUT2D eigenvalue weighted by molar-refractivity contribution is -0.146. The van der Waals surface area contributed by atoms with Crippen LogP contribution in [0.2, 0.25) is 0 Å². The normalized spacial score (nSPS) is 13.4. The Morgan fingerprint density at radius 1 is 1.37 bits per heavy atom. The van der Waals surface area contributed by atoms with Gasteiger partial charge in [0, 0.05) is 0 Å². The number of amides is 1. The van der Waals surface area contributed by atoms with Gasteiger partial charge < -0.3 is 15.2 Å². The SMILES string of the molecule is CCOc1cccc(C(C)NC(=O)C(C)C(=O)O)c1. The average Bonchev–Trinajstić information content (AvgIpc) is 2.38. The summed E-state index contributed by atoms with van der Waals surface area (Å²) in [6.07, 6.45) is 0. The summed E-state index contributed by atoms with van der Waals surface area (Å²) in [4.78, 5) is 22.4. The van der Waals surface area contributed by atoms with Crippen LogP contribution < -0.4 is 10.1 Å². The number of carboxylic acid groups (broad SMARTS) is 1. The Morgan fingerprint density at radius 3 is 2.63 bits per heavy atom. The molecule has 0 aliphatic heterocycles. The third-order valence-electron chi connectivity index (χ3n) is 2.79. The van der Waals surface area contributed by atoms with E-state index in [4.69, 9.17) is 9.84 Å². The molecule has 104 valence electrons. The average molecular weight is 265 g/mol. The number of hydrogen-bond acceptors (Lipinski definition) is 3. The zero-order chi connectivity index (χ0) is 14.4. The molecular weight excluding hydrogens is 246 g/mol. The van der Waals surface area contributed by atoms with Crippen molar-refractivity contribution in [3.05, 3.63) is 29.8 Å². The largest absolute Gasteiger partial charge is 0.494 e. The molecule has 0 spiro atoms. The summed E-state index contributed by atoms with van der Waals surface area (Å²) in [5, 5.41) is 11.4. The zero-order valence-electron chi connectivity index (χ0n) is 11.3. The molecule has 5 heteroatoms. The summed E-state index contributed by atoms with van der Waals surface area (Å²) >= 11 is 0. The predicted octanol–water partition coefficient (Wildman–Crippen LogP) is 1.98. The van der Waals surface area contributed by atoms with Gasteiger partial charge in [0.05, 0.1) is 12.6 Å². The van der Waals surface area contributed by atoms with Crippen molar-refractivity contribution in [3.63, 3.8) is 0 Å². The molecule has 0 aliphatic carbocycles. The molecule has 19 heavy (non-hydrogen) atoms. The molecule has 1 aromatic carbocycles. The summed E-state index contributed by atoms with van der Waals surface area (Å²) in [5.41, 5.74) is 0.872. The van der Waals surface area contributed by atoms with Gasteiger partial charge in [-0.1, -0.05) is 12.1 Å². The Kier molecular flexibility index (Phi) is 5.36. The van der Waals surface area contributed by atoms with Crippen molar-refractivity contribution in [2.45, 2.75) is 26.8 Å². The third kappa shape index (κ3) is 4.28. The quantitative estimate of drug-likeness (QED) is 0.771. The topological polar surface area (TPSA) is 75.6 Å². The monoisotopic (exact) mass is 265 g/mol. The molecule has 2 unspecified atom stereocenters. The van der Waals surface area contributed by atoms with E-state index in [9.17, 15) is 9.59 Å². The molecule has 2 N–H and O–H groups in total. The summed E-state index contributed by atoms with van der Waals surface area (Å²) in [6.45, 7) is 5.63. The first-order valence-corrected chi connectivity index (χ1v) is 6.21. The molecule has 2 atom stereocenters. The van der Waals surface area contributed by atoms with Crippen molar-refractivity contribution in [1.29, 1.82) is 0 Å². The molecule has 1 aromatic rings. The second-order valence-corrected chi connectivity index (χ2v) is 4.30. The van der Waals surface area contributed by atoms with Crippen LogP contribution >= 0.6 is 0 Å². The van der Waals surface area contributed by atoms with E-state index in [1.807, 2.05) is 31.2 Å². The van der Waals surface area contributed by atoms with Gasteiger partial charge >= 0.3 is 5.97 Å². The first-order valence-electron chi connectivity index (χ1n) is 6.21. The number of nitrogens with one attached hydrogen (secondary N) is 1. The van der Waals surface area contributed by atoms with E-state index < -0.39 is 17.8 Å². The fourth-order valence-corrected chi connectivity index (χ4v) is 1.57. The molecule has 0 heterocycles. The Balaban J connectivity index is 2.72. The Morgan fingerprint density at radius 2 is 2.05 bits per heavy atom. The number of benzene rings is 1. The zero-order valence-corrected chi connectivity index (χ0v) is 11.3. The Hall–Kier alpha value is -2.04. The van der Waals surface area contributed by atoms with Crippen LogP contribution in [0, 0.1) is 5.92 Å². The van der Waals surface area contributed by atoms with Gasteiger partial charge in [-0.15, -0.1) is 0 Å².